The van der Waals surface area contributed by atoms with E-state index in [1.807, 2.05) is 30.6 Å². The standard InChI is InChI=1S/C9H7N3/c1-2-9-7(5-11-12-9)6-3-4-10-8(1)6/h1-5,11-12H. The van der Waals surface area contributed by atoms with E-state index in [0.717, 1.165) is 11.0 Å². The van der Waals surface area contributed by atoms with Crippen molar-refractivity contribution in [2.75, 3.05) is 0 Å². The molecule has 3 rings (SSSR count). The van der Waals surface area contributed by atoms with Crippen LogP contribution in [0.3, 0.4) is 0 Å². The molecule has 0 unspecified atom stereocenters. The minimum atomic E-state index is 1.05. The van der Waals surface area contributed by atoms with Gasteiger partial charge >= 0.3 is 0 Å². The molecule has 0 aliphatic heterocycles. The second-order valence-corrected chi connectivity index (χ2v) is 2.82. The van der Waals surface area contributed by atoms with Gasteiger partial charge in [0.15, 0.2) is 0 Å². The molecule has 3 nitrogen and oxygen atoms in total. The van der Waals surface area contributed by atoms with Crippen LogP contribution in [0.1, 0.15) is 0 Å². The minimum absolute atomic E-state index is 1.05. The number of fused-ring (bicyclic) bond motifs is 3. The van der Waals surface area contributed by atoms with Crippen molar-refractivity contribution in [1.29, 1.82) is 0 Å². The van der Waals surface area contributed by atoms with Crippen molar-refractivity contribution in [3.63, 3.8) is 0 Å². The Morgan fingerprint density at radius 1 is 1.08 bits per heavy atom. The van der Waals surface area contributed by atoms with Crippen molar-refractivity contribution in [3.8, 4) is 0 Å². The van der Waals surface area contributed by atoms with Crippen molar-refractivity contribution in [3.05, 3.63) is 30.6 Å². The summed E-state index contributed by atoms with van der Waals surface area (Å²) in [6.45, 7) is 0. The van der Waals surface area contributed by atoms with Gasteiger partial charge in [-0.2, -0.15) is 0 Å². The molecular weight excluding hydrogens is 150 g/mol. The van der Waals surface area contributed by atoms with E-state index in [9.17, 15) is 0 Å². The van der Waals surface area contributed by atoms with E-state index >= 15 is 0 Å². The van der Waals surface area contributed by atoms with Crippen LogP contribution >= 0.6 is 0 Å². The van der Waals surface area contributed by atoms with Gasteiger partial charge in [0.1, 0.15) is 0 Å². The largest absolute Gasteiger partial charge is 0.307 e. The molecule has 0 bridgehead atoms. The lowest BCUT2D eigenvalue weighted by Gasteiger charge is -1.89. The SMILES string of the molecule is c1cc2c(ccc3[nH][nH]cc32)n1. The van der Waals surface area contributed by atoms with Crippen LogP contribution in [0.15, 0.2) is 30.6 Å². The molecule has 2 aromatic heterocycles. The van der Waals surface area contributed by atoms with Crippen molar-refractivity contribution in [2.24, 2.45) is 0 Å². The molecule has 0 aliphatic carbocycles. The molecule has 0 saturated carbocycles. The average molecular weight is 157 g/mol. The van der Waals surface area contributed by atoms with Crippen molar-refractivity contribution < 1.29 is 0 Å². The molecule has 0 saturated heterocycles. The lowest BCUT2D eigenvalue weighted by Crippen LogP contribution is -1.69. The molecule has 0 radical (unpaired) electrons. The molecule has 12 heavy (non-hydrogen) atoms. The molecule has 0 fully saturated rings. The van der Waals surface area contributed by atoms with Crippen LogP contribution in [0.4, 0.5) is 0 Å². The van der Waals surface area contributed by atoms with Gasteiger partial charge in [0.05, 0.1) is 11.0 Å². The maximum absolute atomic E-state index is 4.22. The Bertz CT molecular complexity index is 483. The van der Waals surface area contributed by atoms with Crippen LogP contribution in [0.25, 0.3) is 21.8 Å². The monoisotopic (exact) mass is 157 g/mol. The van der Waals surface area contributed by atoms with Gasteiger partial charge in [0.2, 0.25) is 0 Å². The van der Waals surface area contributed by atoms with Crippen LogP contribution in [0.2, 0.25) is 0 Å². The first kappa shape index (κ1) is 5.83. The third-order valence-corrected chi connectivity index (χ3v) is 2.14. The Balaban J connectivity index is 2.71. The number of aromatic amines is 2. The first-order valence-corrected chi connectivity index (χ1v) is 3.84. The number of hydrogen-bond acceptors (Lipinski definition) is 1. The summed E-state index contributed by atoms with van der Waals surface area (Å²) in [5.41, 5.74) is 2.17. The molecule has 0 amide bonds. The van der Waals surface area contributed by atoms with E-state index in [4.69, 9.17) is 0 Å². The zero-order valence-corrected chi connectivity index (χ0v) is 6.33. The zero-order valence-electron chi connectivity index (χ0n) is 6.33. The fourth-order valence-corrected chi connectivity index (χ4v) is 1.56. The number of benzene rings is 1. The summed E-state index contributed by atoms with van der Waals surface area (Å²) in [6.07, 6.45) is 3.79. The van der Waals surface area contributed by atoms with E-state index in [-0.39, 0.29) is 0 Å². The quantitative estimate of drug-likeness (QED) is 0.515. The third-order valence-electron chi connectivity index (χ3n) is 2.14. The number of hydrogen-bond donors (Lipinski definition) is 2. The lowest BCUT2D eigenvalue weighted by atomic mass is 10.2. The van der Waals surface area contributed by atoms with Crippen LogP contribution in [0.5, 0.6) is 0 Å². The molecule has 1 aromatic carbocycles. The Morgan fingerprint density at radius 2 is 2.08 bits per heavy atom. The molecule has 0 spiro atoms. The highest BCUT2D eigenvalue weighted by molar-refractivity contribution is 6.04. The highest BCUT2D eigenvalue weighted by Gasteiger charge is 2.01. The van der Waals surface area contributed by atoms with E-state index < -0.39 is 0 Å². The Kier molecular flexibility index (Phi) is 0.913. The summed E-state index contributed by atoms with van der Waals surface area (Å²) in [4.78, 5) is 4.22. The van der Waals surface area contributed by atoms with Crippen molar-refractivity contribution in [1.82, 2.24) is 15.2 Å². The van der Waals surface area contributed by atoms with Gasteiger partial charge in [0, 0.05) is 23.2 Å². The van der Waals surface area contributed by atoms with Gasteiger partial charge in [-0.3, -0.25) is 4.98 Å². The Morgan fingerprint density at radius 3 is 3.08 bits per heavy atom. The van der Waals surface area contributed by atoms with Crippen LogP contribution in [-0.4, -0.2) is 15.2 Å². The predicted molar refractivity (Wildman–Crippen MR) is 48.0 cm³/mol. The van der Waals surface area contributed by atoms with E-state index in [2.05, 4.69) is 15.2 Å². The maximum atomic E-state index is 4.22. The van der Waals surface area contributed by atoms with Gasteiger partial charge < -0.3 is 10.2 Å². The fourth-order valence-electron chi connectivity index (χ4n) is 1.56. The first-order valence-electron chi connectivity index (χ1n) is 3.84. The van der Waals surface area contributed by atoms with Gasteiger partial charge in [-0.25, -0.2) is 0 Å². The van der Waals surface area contributed by atoms with E-state index in [1.54, 1.807) is 0 Å². The van der Waals surface area contributed by atoms with Crippen LogP contribution in [-0.2, 0) is 0 Å². The number of nitrogens with zero attached hydrogens (tertiary/aromatic N) is 1. The molecule has 0 atom stereocenters. The number of nitrogens with one attached hydrogen (secondary N) is 2. The zero-order chi connectivity index (χ0) is 7.97. The summed E-state index contributed by atoms with van der Waals surface area (Å²) < 4.78 is 0. The summed E-state index contributed by atoms with van der Waals surface area (Å²) in [6, 6.07) is 6.07. The third kappa shape index (κ3) is 0.580. The smallest absolute Gasteiger partial charge is 0.0710 e. The van der Waals surface area contributed by atoms with Crippen molar-refractivity contribution >= 4 is 21.8 Å². The summed E-state index contributed by atoms with van der Waals surface area (Å²) in [5.74, 6) is 0. The van der Waals surface area contributed by atoms with Crippen LogP contribution in [0, 0.1) is 0 Å². The van der Waals surface area contributed by atoms with Crippen molar-refractivity contribution in [2.45, 2.75) is 0 Å². The highest BCUT2D eigenvalue weighted by Crippen LogP contribution is 2.21. The van der Waals surface area contributed by atoms with E-state index in [1.165, 1.54) is 10.8 Å². The fraction of sp³-hybridized carbons (Fsp3) is 0. The molecule has 58 valence electrons. The Labute approximate surface area is 68.4 Å². The van der Waals surface area contributed by atoms with Crippen LogP contribution < -0.4 is 0 Å². The second kappa shape index (κ2) is 1.88. The lowest BCUT2D eigenvalue weighted by molar-refractivity contribution is 1.12. The second-order valence-electron chi connectivity index (χ2n) is 2.82. The average Bonchev–Trinajstić information content (AvgIpc) is 2.71. The normalized spacial score (nSPS) is 11.3. The summed E-state index contributed by atoms with van der Waals surface area (Å²) in [5, 5.41) is 8.41. The molecule has 2 N–H and O–H groups in total. The molecule has 3 aromatic rings. The number of H-pyrrole nitrogens is 2. The Hall–Kier alpha value is -1.77. The van der Waals surface area contributed by atoms with E-state index in [0.29, 0.717) is 0 Å². The van der Waals surface area contributed by atoms with Gasteiger partial charge in [-0.05, 0) is 18.2 Å². The molecule has 2 heterocycles. The van der Waals surface area contributed by atoms with Gasteiger partial charge in [-0.15, -0.1) is 0 Å². The molecule has 0 aliphatic rings. The highest BCUT2D eigenvalue weighted by atomic mass is 15.1. The number of rotatable bonds is 0. The first-order chi connectivity index (χ1) is 5.95. The van der Waals surface area contributed by atoms with Gasteiger partial charge in [0.25, 0.3) is 0 Å². The topological polar surface area (TPSA) is 44.5 Å². The summed E-state index contributed by atoms with van der Waals surface area (Å²) >= 11 is 0. The number of aromatic nitrogens is 3. The minimum Gasteiger partial charge on any atom is -0.307 e. The molecule has 3 heteroatoms. The summed E-state index contributed by atoms with van der Waals surface area (Å²) in [7, 11) is 0. The maximum Gasteiger partial charge on any atom is 0.0710 e. The van der Waals surface area contributed by atoms with Gasteiger partial charge in [-0.1, -0.05) is 0 Å². The predicted octanol–water partition coefficient (Wildman–Crippen LogP) is 2.04. The molecular formula is C9H7N3.